The number of hydrogen-bond donors (Lipinski definition) is 1. The van der Waals surface area contributed by atoms with Crippen LogP contribution >= 0.6 is 0 Å². The molecule has 1 atom stereocenters. The van der Waals surface area contributed by atoms with E-state index in [-0.39, 0.29) is 12.3 Å². The highest BCUT2D eigenvalue weighted by Gasteiger charge is 2.32. The number of ether oxygens (including phenoxy) is 3. The summed E-state index contributed by atoms with van der Waals surface area (Å²) in [4.78, 5) is 12.4. The van der Waals surface area contributed by atoms with Crippen molar-refractivity contribution in [2.45, 2.75) is 18.8 Å². The van der Waals surface area contributed by atoms with Crippen molar-refractivity contribution in [1.29, 1.82) is 0 Å². The van der Waals surface area contributed by atoms with Gasteiger partial charge in [-0.05, 0) is 35.7 Å². The van der Waals surface area contributed by atoms with E-state index in [9.17, 15) is 4.79 Å². The van der Waals surface area contributed by atoms with Crippen molar-refractivity contribution in [2.75, 3.05) is 26.4 Å². The molecule has 0 radical (unpaired) electrons. The van der Waals surface area contributed by atoms with Crippen LogP contribution in [0.25, 0.3) is 11.1 Å². The number of hydrogen-bond acceptors (Lipinski definition) is 4. The summed E-state index contributed by atoms with van der Waals surface area (Å²) in [5.74, 6) is 0.735. The quantitative estimate of drug-likeness (QED) is 0.889. The molecule has 2 aromatic carbocycles. The molecular formula is C20H21NO5. The molecule has 2 fully saturated rings. The van der Waals surface area contributed by atoms with Gasteiger partial charge in [0.2, 0.25) is 0 Å². The highest BCUT2D eigenvalue weighted by atomic mass is 16.7. The van der Waals surface area contributed by atoms with Crippen LogP contribution < -0.4 is 4.74 Å². The first-order valence-corrected chi connectivity index (χ1v) is 8.77. The fourth-order valence-corrected chi connectivity index (χ4v) is 3.24. The number of carboxylic acid groups (broad SMARTS) is 1. The summed E-state index contributed by atoms with van der Waals surface area (Å²) in [7, 11) is 0. The van der Waals surface area contributed by atoms with Gasteiger partial charge in [0.05, 0.1) is 19.3 Å². The second-order valence-corrected chi connectivity index (χ2v) is 6.46. The van der Waals surface area contributed by atoms with Gasteiger partial charge in [0.1, 0.15) is 12.4 Å². The van der Waals surface area contributed by atoms with Crippen LogP contribution in [0.5, 0.6) is 5.75 Å². The minimum atomic E-state index is -0.883. The van der Waals surface area contributed by atoms with Gasteiger partial charge in [0, 0.05) is 12.1 Å². The predicted octanol–water partition coefficient (Wildman–Crippen LogP) is 3.53. The lowest BCUT2D eigenvalue weighted by Gasteiger charge is -2.38. The number of carbonyl (C=O) groups is 1. The molecule has 2 heterocycles. The van der Waals surface area contributed by atoms with E-state index in [1.165, 1.54) is 4.90 Å². The maximum Gasteiger partial charge on any atom is 0.407 e. The van der Waals surface area contributed by atoms with Gasteiger partial charge in [-0.3, -0.25) is 0 Å². The number of amides is 1. The largest absolute Gasteiger partial charge is 0.491 e. The summed E-state index contributed by atoms with van der Waals surface area (Å²) in [5.41, 5.74) is 3.09. The Morgan fingerprint density at radius 2 is 1.85 bits per heavy atom. The van der Waals surface area contributed by atoms with Crippen LogP contribution in [-0.4, -0.2) is 48.5 Å². The van der Waals surface area contributed by atoms with Gasteiger partial charge < -0.3 is 24.2 Å². The van der Waals surface area contributed by atoms with Crippen molar-refractivity contribution in [1.82, 2.24) is 4.90 Å². The van der Waals surface area contributed by atoms with Crippen LogP contribution in [-0.2, 0) is 9.47 Å². The van der Waals surface area contributed by atoms with E-state index in [4.69, 9.17) is 19.3 Å². The Hall–Kier alpha value is -2.57. The van der Waals surface area contributed by atoms with E-state index in [1.807, 2.05) is 42.5 Å². The third-order valence-corrected chi connectivity index (χ3v) is 4.78. The Morgan fingerprint density at radius 3 is 2.54 bits per heavy atom. The Kier molecular flexibility index (Phi) is 4.77. The molecule has 0 unspecified atom stereocenters. The molecule has 0 bridgehead atoms. The van der Waals surface area contributed by atoms with E-state index in [2.05, 4.69) is 6.07 Å². The van der Waals surface area contributed by atoms with Crippen molar-refractivity contribution in [2.24, 2.45) is 0 Å². The van der Waals surface area contributed by atoms with Crippen molar-refractivity contribution in [3.05, 3.63) is 54.1 Å². The molecule has 2 aliphatic heterocycles. The SMILES string of the molecule is O=C(O)N1CC[C@H]1COc1cccc(-c2cccc(C3OCCO3)c2)c1. The molecule has 6 nitrogen and oxygen atoms in total. The minimum Gasteiger partial charge on any atom is -0.491 e. The van der Waals surface area contributed by atoms with E-state index < -0.39 is 6.09 Å². The molecule has 1 N–H and O–H groups in total. The van der Waals surface area contributed by atoms with Gasteiger partial charge in [0.15, 0.2) is 6.29 Å². The second-order valence-electron chi connectivity index (χ2n) is 6.46. The average Bonchev–Trinajstić information content (AvgIpc) is 3.15. The summed E-state index contributed by atoms with van der Waals surface area (Å²) in [6, 6.07) is 15.9. The predicted molar refractivity (Wildman–Crippen MR) is 95.2 cm³/mol. The number of benzene rings is 2. The Balaban J connectivity index is 1.45. The summed E-state index contributed by atoms with van der Waals surface area (Å²) in [6.45, 7) is 2.19. The van der Waals surface area contributed by atoms with E-state index in [0.29, 0.717) is 26.4 Å². The van der Waals surface area contributed by atoms with E-state index in [0.717, 1.165) is 28.9 Å². The Bertz CT molecular complexity index is 787. The lowest BCUT2D eigenvalue weighted by Crippen LogP contribution is -2.53. The van der Waals surface area contributed by atoms with Crippen LogP contribution in [0.1, 0.15) is 18.3 Å². The zero-order chi connectivity index (χ0) is 17.9. The van der Waals surface area contributed by atoms with Crippen molar-refractivity contribution >= 4 is 6.09 Å². The molecule has 26 heavy (non-hydrogen) atoms. The molecule has 136 valence electrons. The van der Waals surface area contributed by atoms with Crippen LogP contribution in [0.4, 0.5) is 4.79 Å². The molecule has 2 saturated heterocycles. The lowest BCUT2D eigenvalue weighted by molar-refractivity contribution is -0.0440. The maximum absolute atomic E-state index is 11.0. The molecule has 0 saturated carbocycles. The van der Waals surface area contributed by atoms with Crippen LogP contribution in [0.3, 0.4) is 0 Å². The maximum atomic E-state index is 11.0. The lowest BCUT2D eigenvalue weighted by atomic mass is 10.0. The fourth-order valence-electron chi connectivity index (χ4n) is 3.24. The molecule has 6 heteroatoms. The average molecular weight is 355 g/mol. The molecule has 4 rings (SSSR count). The molecule has 0 aliphatic carbocycles. The third kappa shape index (κ3) is 3.52. The topological polar surface area (TPSA) is 68.2 Å². The van der Waals surface area contributed by atoms with Gasteiger partial charge in [-0.1, -0.05) is 30.3 Å². The van der Waals surface area contributed by atoms with Gasteiger partial charge >= 0.3 is 6.09 Å². The monoisotopic (exact) mass is 355 g/mol. The standard InChI is InChI=1S/C20H21NO5/c22-20(23)21-8-7-17(21)13-26-18-6-2-4-15(12-18)14-3-1-5-16(11-14)19-24-9-10-25-19/h1-6,11-12,17,19H,7-10,13H2,(H,22,23)/t17-/m0/s1. The summed E-state index contributed by atoms with van der Waals surface area (Å²) in [6.07, 6.45) is -0.336. The normalized spacial score (nSPS) is 20.0. The zero-order valence-corrected chi connectivity index (χ0v) is 14.3. The highest BCUT2D eigenvalue weighted by molar-refractivity contribution is 5.67. The molecule has 0 aromatic heterocycles. The van der Waals surface area contributed by atoms with Gasteiger partial charge in [-0.2, -0.15) is 0 Å². The molecular weight excluding hydrogens is 334 g/mol. The zero-order valence-electron chi connectivity index (χ0n) is 14.3. The number of rotatable bonds is 5. The molecule has 0 spiro atoms. The van der Waals surface area contributed by atoms with Crippen molar-refractivity contribution in [3.8, 4) is 16.9 Å². The van der Waals surface area contributed by atoms with Gasteiger partial charge in [0.25, 0.3) is 0 Å². The van der Waals surface area contributed by atoms with Gasteiger partial charge in [-0.15, -0.1) is 0 Å². The Labute approximate surface area is 151 Å². The highest BCUT2D eigenvalue weighted by Crippen LogP contribution is 2.29. The summed E-state index contributed by atoms with van der Waals surface area (Å²) >= 11 is 0. The van der Waals surface area contributed by atoms with Crippen LogP contribution in [0.2, 0.25) is 0 Å². The first kappa shape index (κ1) is 16.9. The van der Waals surface area contributed by atoms with E-state index in [1.54, 1.807) is 0 Å². The summed E-state index contributed by atoms with van der Waals surface area (Å²) < 4.78 is 17.0. The first-order valence-electron chi connectivity index (χ1n) is 8.77. The number of nitrogens with zero attached hydrogens (tertiary/aromatic N) is 1. The molecule has 2 aromatic rings. The van der Waals surface area contributed by atoms with Gasteiger partial charge in [-0.25, -0.2) is 4.79 Å². The Morgan fingerprint density at radius 1 is 1.12 bits per heavy atom. The number of likely N-dealkylation sites (tertiary alicyclic amines) is 1. The molecule has 1 amide bonds. The first-order chi connectivity index (χ1) is 12.7. The fraction of sp³-hybridized carbons (Fsp3) is 0.350. The minimum absolute atomic E-state index is 0.0591. The van der Waals surface area contributed by atoms with Crippen LogP contribution in [0.15, 0.2) is 48.5 Å². The summed E-state index contributed by atoms with van der Waals surface area (Å²) in [5, 5.41) is 9.06. The van der Waals surface area contributed by atoms with E-state index >= 15 is 0 Å². The van der Waals surface area contributed by atoms with Crippen molar-refractivity contribution < 1.29 is 24.1 Å². The van der Waals surface area contributed by atoms with Crippen LogP contribution in [0, 0.1) is 0 Å². The van der Waals surface area contributed by atoms with Crippen molar-refractivity contribution in [3.63, 3.8) is 0 Å². The smallest absolute Gasteiger partial charge is 0.407 e. The molecule has 2 aliphatic rings. The second kappa shape index (κ2) is 7.35. The third-order valence-electron chi connectivity index (χ3n) is 4.78.